The van der Waals surface area contributed by atoms with E-state index in [0.717, 1.165) is 24.3 Å². The van der Waals surface area contributed by atoms with Crippen LogP contribution in [0.3, 0.4) is 0 Å². The van der Waals surface area contributed by atoms with Crippen molar-refractivity contribution in [2.24, 2.45) is 12.8 Å². The van der Waals surface area contributed by atoms with Gasteiger partial charge in [-0.2, -0.15) is 5.10 Å². The molecule has 2 N–H and O–H groups in total. The van der Waals surface area contributed by atoms with Crippen LogP contribution in [-0.4, -0.2) is 9.78 Å². The van der Waals surface area contributed by atoms with Crippen LogP contribution >= 0.6 is 0 Å². The molecule has 0 aliphatic heterocycles. The van der Waals surface area contributed by atoms with Gasteiger partial charge < -0.3 is 10.5 Å². The van der Waals surface area contributed by atoms with Gasteiger partial charge in [0.1, 0.15) is 12.4 Å². The molecule has 1 heterocycles. The highest BCUT2D eigenvalue weighted by atomic mass is 16.5. The Balaban J connectivity index is 1.73. The summed E-state index contributed by atoms with van der Waals surface area (Å²) in [5.41, 5.74) is 9.69. The highest BCUT2D eigenvalue weighted by molar-refractivity contribution is 5.39. The maximum atomic E-state index is 6.15. The first-order valence-corrected chi connectivity index (χ1v) is 6.72. The molecule has 1 aliphatic carbocycles. The second-order valence-electron chi connectivity index (χ2n) is 5.13. The molecular weight excluding hydrogens is 238 g/mol. The fourth-order valence-corrected chi connectivity index (χ4v) is 2.60. The van der Waals surface area contributed by atoms with E-state index in [1.807, 2.05) is 25.4 Å². The second-order valence-corrected chi connectivity index (χ2v) is 5.13. The van der Waals surface area contributed by atoms with Crippen molar-refractivity contribution in [2.75, 3.05) is 0 Å². The number of benzene rings is 1. The first-order valence-electron chi connectivity index (χ1n) is 6.72. The van der Waals surface area contributed by atoms with Gasteiger partial charge in [0, 0.05) is 19.3 Å². The van der Waals surface area contributed by atoms with Gasteiger partial charge >= 0.3 is 0 Å². The summed E-state index contributed by atoms with van der Waals surface area (Å²) >= 11 is 0. The zero-order valence-corrected chi connectivity index (χ0v) is 11.2. The highest BCUT2D eigenvalue weighted by Crippen LogP contribution is 2.31. The minimum atomic E-state index is 0.155. The van der Waals surface area contributed by atoms with Crippen molar-refractivity contribution in [1.82, 2.24) is 9.78 Å². The topological polar surface area (TPSA) is 53.1 Å². The van der Waals surface area contributed by atoms with Crippen molar-refractivity contribution in [3.63, 3.8) is 0 Å². The first-order chi connectivity index (χ1) is 9.22. The van der Waals surface area contributed by atoms with Gasteiger partial charge in [0.25, 0.3) is 0 Å². The van der Waals surface area contributed by atoms with Crippen LogP contribution in [0.4, 0.5) is 0 Å². The smallest absolute Gasteiger partial charge is 0.132 e. The largest absolute Gasteiger partial charge is 0.487 e. The van der Waals surface area contributed by atoms with E-state index in [0.29, 0.717) is 6.61 Å². The van der Waals surface area contributed by atoms with Crippen LogP contribution in [0.25, 0.3) is 0 Å². The molecule has 4 heteroatoms. The van der Waals surface area contributed by atoms with E-state index in [1.165, 1.54) is 17.5 Å². The van der Waals surface area contributed by atoms with Crippen molar-refractivity contribution >= 4 is 0 Å². The minimum absolute atomic E-state index is 0.155. The van der Waals surface area contributed by atoms with E-state index >= 15 is 0 Å². The summed E-state index contributed by atoms with van der Waals surface area (Å²) in [6, 6.07) is 8.37. The molecule has 0 amide bonds. The van der Waals surface area contributed by atoms with Crippen LogP contribution in [0.1, 0.15) is 35.7 Å². The van der Waals surface area contributed by atoms with E-state index in [4.69, 9.17) is 10.5 Å². The lowest BCUT2D eigenvalue weighted by Crippen LogP contribution is -2.17. The lowest BCUT2D eigenvalue weighted by atomic mass is 9.88. The van der Waals surface area contributed by atoms with Crippen LogP contribution in [-0.2, 0) is 20.1 Å². The predicted octanol–water partition coefficient (Wildman–Crippen LogP) is 2.34. The number of hydrogen-bond acceptors (Lipinski definition) is 3. The molecule has 100 valence electrons. The van der Waals surface area contributed by atoms with Crippen LogP contribution in [0.2, 0.25) is 0 Å². The van der Waals surface area contributed by atoms with Crippen LogP contribution in [0.15, 0.2) is 30.5 Å². The predicted molar refractivity (Wildman–Crippen MR) is 73.8 cm³/mol. The first kappa shape index (κ1) is 12.2. The van der Waals surface area contributed by atoms with Gasteiger partial charge in [-0.15, -0.1) is 0 Å². The Hall–Kier alpha value is -1.81. The van der Waals surface area contributed by atoms with E-state index < -0.39 is 0 Å². The van der Waals surface area contributed by atoms with Gasteiger partial charge in [0.2, 0.25) is 0 Å². The van der Waals surface area contributed by atoms with E-state index in [9.17, 15) is 0 Å². The molecule has 0 saturated carbocycles. The van der Waals surface area contributed by atoms with Crippen LogP contribution in [0, 0.1) is 0 Å². The van der Waals surface area contributed by atoms with E-state index in [2.05, 4.69) is 17.2 Å². The zero-order valence-electron chi connectivity index (χ0n) is 11.2. The standard InChI is InChI=1S/C15H19N3O/c1-18-8-7-12(17-18)10-19-13-6-5-11-3-2-4-15(16)14(11)9-13/h5-9,15H,2-4,10,16H2,1H3. The number of aromatic nitrogens is 2. The maximum Gasteiger partial charge on any atom is 0.132 e. The number of nitrogens with zero attached hydrogens (tertiary/aromatic N) is 2. The molecule has 0 fully saturated rings. The third-order valence-corrected chi connectivity index (χ3v) is 3.63. The molecule has 0 spiro atoms. The second kappa shape index (κ2) is 5.05. The molecule has 19 heavy (non-hydrogen) atoms. The van der Waals surface area contributed by atoms with Gasteiger partial charge in [0.15, 0.2) is 0 Å². The molecule has 1 unspecified atom stereocenters. The summed E-state index contributed by atoms with van der Waals surface area (Å²) in [5.74, 6) is 0.877. The Morgan fingerprint density at radius 2 is 2.32 bits per heavy atom. The molecule has 0 bridgehead atoms. The summed E-state index contributed by atoms with van der Waals surface area (Å²) in [6.07, 6.45) is 5.30. The summed E-state index contributed by atoms with van der Waals surface area (Å²) in [5, 5.41) is 4.30. The van der Waals surface area contributed by atoms with Gasteiger partial charge in [-0.1, -0.05) is 6.07 Å². The highest BCUT2D eigenvalue weighted by Gasteiger charge is 2.17. The van der Waals surface area contributed by atoms with Crippen molar-refractivity contribution in [3.8, 4) is 5.75 Å². The molecule has 0 saturated heterocycles. The normalized spacial score (nSPS) is 18.1. The molecule has 0 radical (unpaired) electrons. The number of nitrogens with two attached hydrogens (primary N) is 1. The molecule has 4 nitrogen and oxygen atoms in total. The van der Waals surface area contributed by atoms with Crippen molar-refractivity contribution in [2.45, 2.75) is 31.9 Å². The Bertz CT molecular complexity index is 577. The molecule has 2 aromatic rings. The van der Waals surface area contributed by atoms with Gasteiger partial charge in [-0.25, -0.2) is 0 Å². The average Bonchev–Trinajstić information content (AvgIpc) is 2.83. The Labute approximate surface area is 113 Å². The summed E-state index contributed by atoms with van der Waals surface area (Å²) in [6.45, 7) is 0.495. The van der Waals surface area contributed by atoms with Gasteiger partial charge in [-0.05, 0) is 48.6 Å². The summed E-state index contributed by atoms with van der Waals surface area (Å²) in [7, 11) is 1.90. The number of rotatable bonds is 3. The Morgan fingerprint density at radius 1 is 1.42 bits per heavy atom. The maximum absolute atomic E-state index is 6.15. The van der Waals surface area contributed by atoms with Crippen molar-refractivity contribution in [3.05, 3.63) is 47.3 Å². The fraction of sp³-hybridized carbons (Fsp3) is 0.400. The van der Waals surface area contributed by atoms with Crippen LogP contribution < -0.4 is 10.5 Å². The van der Waals surface area contributed by atoms with E-state index in [1.54, 1.807) is 4.68 Å². The summed E-state index contributed by atoms with van der Waals surface area (Å²) < 4.78 is 7.57. The Kier molecular flexibility index (Phi) is 3.25. The zero-order chi connectivity index (χ0) is 13.2. The molecule has 1 aromatic heterocycles. The molecular formula is C15H19N3O. The molecule has 1 aliphatic rings. The lowest BCUT2D eigenvalue weighted by Gasteiger charge is -2.22. The lowest BCUT2D eigenvalue weighted by molar-refractivity contribution is 0.299. The summed E-state index contributed by atoms with van der Waals surface area (Å²) in [4.78, 5) is 0. The van der Waals surface area contributed by atoms with Crippen LogP contribution in [0.5, 0.6) is 5.75 Å². The monoisotopic (exact) mass is 257 g/mol. The number of hydrogen-bond donors (Lipinski definition) is 1. The average molecular weight is 257 g/mol. The van der Waals surface area contributed by atoms with E-state index in [-0.39, 0.29) is 6.04 Å². The van der Waals surface area contributed by atoms with Crippen molar-refractivity contribution in [1.29, 1.82) is 0 Å². The molecule has 3 rings (SSSR count). The fourth-order valence-electron chi connectivity index (χ4n) is 2.60. The number of ether oxygens (including phenoxy) is 1. The Morgan fingerprint density at radius 3 is 3.11 bits per heavy atom. The SMILES string of the molecule is Cn1ccc(COc2ccc3c(c2)C(N)CCC3)n1. The van der Waals surface area contributed by atoms with Crippen molar-refractivity contribution < 1.29 is 4.74 Å². The third kappa shape index (κ3) is 2.63. The third-order valence-electron chi connectivity index (χ3n) is 3.63. The number of fused-ring (bicyclic) bond motifs is 1. The molecule has 1 atom stereocenters. The van der Waals surface area contributed by atoms with Gasteiger partial charge in [0.05, 0.1) is 5.69 Å². The van der Waals surface area contributed by atoms with Gasteiger partial charge in [-0.3, -0.25) is 4.68 Å². The quantitative estimate of drug-likeness (QED) is 0.918. The molecule has 1 aromatic carbocycles. The number of aryl methyl sites for hydroxylation is 2. The minimum Gasteiger partial charge on any atom is -0.487 e.